The van der Waals surface area contributed by atoms with Gasteiger partial charge in [0.2, 0.25) is 5.88 Å². The van der Waals surface area contributed by atoms with Crippen LogP contribution in [0.15, 0.2) is 24.5 Å². The summed E-state index contributed by atoms with van der Waals surface area (Å²) in [7, 11) is -3.18. The fraction of sp³-hybridized carbons (Fsp3) is 0.611. The first-order valence-corrected chi connectivity index (χ1v) is 10.9. The van der Waals surface area contributed by atoms with Gasteiger partial charge in [-0.25, -0.2) is 13.4 Å². The molecule has 0 saturated heterocycles. The molecule has 8 heteroatoms. The van der Waals surface area contributed by atoms with E-state index in [-0.39, 0.29) is 6.10 Å². The van der Waals surface area contributed by atoms with E-state index < -0.39 is 14.6 Å². The quantitative estimate of drug-likeness (QED) is 0.768. The molecule has 1 saturated carbocycles. The molecular weight excluding hydrogens is 352 g/mol. The molecule has 2 aromatic heterocycles. The lowest BCUT2D eigenvalue weighted by molar-refractivity contribution is 0.232. The molecular formula is C18H26N4O3S. The lowest BCUT2D eigenvalue weighted by Gasteiger charge is -2.35. The number of sulfone groups is 1. The number of pyridine rings is 1. The second-order valence-corrected chi connectivity index (χ2v) is 9.78. The van der Waals surface area contributed by atoms with Crippen LogP contribution in [0.5, 0.6) is 5.88 Å². The monoisotopic (exact) mass is 378 g/mol. The van der Waals surface area contributed by atoms with Crippen molar-refractivity contribution in [1.82, 2.24) is 20.0 Å². The third kappa shape index (κ3) is 4.06. The second-order valence-electron chi connectivity index (χ2n) is 7.37. The van der Waals surface area contributed by atoms with E-state index in [9.17, 15) is 8.42 Å². The maximum atomic E-state index is 12.4. The number of nitrogens with zero attached hydrogens (tertiary/aromatic N) is 4. The largest absolute Gasteiger partial charge is 0.475 e. The van der Waals surface area contributed by atoms with E-state index in [4.69, 9.17) is 4.74 Å². The molecule has 2 aromatic rings. The fourth-order valence-corrected chi connectivity index (χ4v) is 4.89. The van der Waals surface area contributed by atoms with E-state index in [1.165, 1.54) is 6.26 Å². The van der Waals surface area contributed by atoms with Crippen LogP contribution in [-0.4, -0.2) is 45.5 Å². The number of rotatable bonds is 6. The minimum Gasteiger partial charge on any atom is -0.475 e. The van der Waals surface area contributed by atoms with Gasteiger partial charge in [-0.05, 0) is 32.8 Å². The van der Waals surface area contributed by atoms with Crippen molar-refractivity contribution in [2.24, 2.45) is 0 Å². The number of hydrogen-bond donors (Lipinski definition) is 0. The number of hydrogen-bond acceptors (Lipinski definition) is 6. The van der Waals surface area contributed by atoms with Crippen molar-refractivity contribution in [3.63, 3.8) is 0 Å². The van der Waals surface area contributed by atoms with E-state index in [0.717, 1.165) is 24.8 Å². The molecule has 0 unspecified atom stereocenters. The third-order valence-corrected chi connectivity index (χ3v) is 7.04. The molecule has 0 bridgehead atoms. The summed E-state index contributed by atoms with van der Waals surface area (Å²) in [4.78, 5) is 4.28. The van der Waals surface area contributed by atoms with Gasteiger partial charge in [0, 0.05) is 24.1 Å². The highest BCUT2D eigenvalue weighted by Gasteiger charge is 2.42. The van der Waals surface area contributed by atoms with Crippen molar-refractivity contribution in [2.45, 2.75) is 63.3 Å². The molecule has 0 atom stereocenters. The Labute approximate surface area is 154 Å². The molecule has 142 valence electrons. The van der Waals surface area contributed by atoms with Gasteiger partial charge in [-0.1, -0.05) is 24.5 Å². The fourth-order valence-electron chi connectivity index (χ4n) is 3.49. The average molecular weight is 378 g/mol. The minimum absolute atomic E-state index is 0.0666. The second kappa shape index (κ2) is 7.34. The molecule has 1 aliphatic rings. The summed E-state index contributed by atoms with van der Waals surface area (Å²) in [6.07, 6.45) is 9.24. The molecule has 3 rings (SSSR count). The summed E-state index contributed by atoms with van der Waals surface area (Å²) >= 11 is 0. The zero-order chi connectivity index (χ0) is 18.8. The first-order valence-electron chi connectivity index (χ1n) is 9.02. The summed E-state index contributed by atoms with van der Waals surface area (Å²) in [6, 6.07) is 3.68. The van der Waals surface area contributed by atoms with Gasteiger partial charge in [-0.15, -0.1) is 5.10 Å². The Hall–Kier alpha value is -1.96. The van der Waals surface area contributed by atoms with Crippen molar-refractivity contribution in [3.05, 3.63) is 24.5 Å². The summed E-state index contributed by atoms with van der Waals surface area (Å²) in [5, 5.41) is 8.35. The predicted octanol–water partition coefficient (Wildman–Crippen LogP) is 2.87. The zero-order valence-electron chi connectivity index (χ0n) is 15.6. The van der Waals surface area contributed by atoms with Gasteiger partial charge in [-0.2, -0.15) is 0 Å². The SMILES string of the molecule is CC(C)Oc1ccc(-c2cn(CC3(S(C)(=O)=O)CCCCC3)nn2)cn1. The molecule has 2 heterocycles. The summed E-state index contributed by atoms with van der Waals surface area (Å²) in [5.41, 5.74) is 1.50. The number of aromatic nitrogens is 4. The van der Waals surface area contributed by atoms with E-state index in [0.29, 0.717) is 31.0 Å². The summed E-state index contributed by atoms with van der Waals surface area (Å²) in [6.45, 7) is 4.24. The van der Waals surface area contributed by atoms with Crippen molar-refractivity contribution in [1.29, 1.82) is 0 Å². The van der Waals surface area contributed by atoms with E-state index in [1.807, 2.05) is 19.9 Å². The van der Waals surface area contributed by atoms with Crippen LogP contribution in [0.4, 0.5) is 0 Å². The van der Waals surface area contributed by atoms with Crippen LogP contribution >= 0.6 is 0 Å². The Morgan fingerprint density at radius 3 is 2.54 bits per heavy atom. The van der Waals surface area contributed by atoms with Crippen LogP contribution in [-0.2, 0) is 16.4 Å². The molecule has 0 radical (unpaired) electrons. The highest BCUT2D eigenvalue weighted by Crippen LogP contribution is 2.36. The zero-order valence-corrected chi connectivity index (χ0v) is 16.4. The molecule has 26 heavy (non-hydrogen) atoms. The maximum absolute atomic E-state index is 12.4. The van der Waals surface area contributed by atoms with Gasteiger partial charge in [0.25, 0.3) is 0 Å². The maximum Gasteiger partial charge on any atom is 0.213 e. The lowest BCUT2D eigenvalue weighted by atomic mass is 9.88. The average Bonchev–Trinajstić information content (AvgIpc) is 3.03. The Morgan fingerprint density at radius 1 is 1.23 bits per heavy atom. The Bertz CT molecular complexity index is 838. The van der Waals surface area contributed by atoms with E-state index >= 15 is 0 Å². The van der Waals surface area contributed by atoms with Gasteiger partial charge < -0.3 is 4.74 Å². The van der Waals surface area contributed by atoms with Gasteiger partial charge in [0.1, 0.15) is 5.69 Å². The van der Waals surface area contributed by atoms with Crippen LogP contribution in [0, 0.1) is 0 Å². The molecule has 0 amide bonds. The third-order valence-electron chi connectivity index (χ3n) is 4.93. The van der Waals surface area contributed by atoms with Gasteiger partial charge >= 0.3 is 0 Å². The topological polar surface area (TPSA) is 87.0 Å². The van der Waals surface area contributed by atoms with Crippen LogP contribution in [0.3, 0.4) is 0 Å². The summed E-state index contributed by atoms with van der Waals surface area (Å²) < 4.78 is 31.3. The standard InChI is InChI=1S/C18H26N4O3S/c1-14(2)25-17-8-7-15(11-19-17)16-12-22(21-20-16)13-18(26(3,23)24)9-5-4-6-10-18/h7-8,11-12,14H,4-6,9-10,13H2,1-3H3. The Kier molecular flexibility index (Phi) is 5.32. The van der Waals surface area contributed by atoms with Crippen LogP contribution < -0.4 is 4.74 Å². The van der Waals surface area contributed by atoms with E-state index in [2.05, 4.69) is 15.3 Å². The number of ether oxygens (including phenoxy) is 1. The normalized spacial score (nSPS) is 17.4. The molecule has 0 spiro atoms. The predicted molar refractivity (Wildman–Crippen MR) is 99.7 cm³/mol. The van der Waals surface area contributed by atoms with Crippen LogP contribution in [0.2, 0.25) is 0 Å². The molecule has 0 N–H and O–H groups in total. The molecule has 0 aliphatic heterocycles. The van der Waals surface area contributed by atoms with Crippen molar-refractivity contribution >= 4 is 9.84 Å². The smallest absolute Gasteiger partial charge is 0.213 e. The highest BCUT2D eigenvalue weighted by atomic mass is 32.2. The van der Waals surface area contributed by atoms with Crippen LogP contribution in [0.1, 0.15) is 46.0 Å². The molecule has 1 aliphatic carbocycles. The Balaban J connectivity index is 1.79. The van der Waals surface area contributed by atoms with Gasteiger partial charge in [0.05, 0.1) is 23.6 Å². The molecule has 1 fully saturated rings. The minimum atomic E-state index is -3.18. The van der Waals surface area contributed by atoms with E-state index in [1.54, 1.807) is 23.1 Å². The van der Waals surface area contributed by atoms with Crippen LogP contribution in [0.25, 0.3) is 11.3 Å². The Morgan fingerprint density at radius 2 is 1.96 bits per heavy atom. The van der Waals surface area contributed by atoms with Gasteiger partial charge in [-0.3, -0.25) is 4.68 Å². The van der Waals surface area contributed by atoms with Crippen molar-refractivity contribution in [3.8, 4) is 17.1 Å². The highest BCUT2D eigenvalue weighted by molar-refractivity contribution is 7.92. The molecule has 0 aromatic carbocycles. The van der Waals surface area contributed by atoms with Crippen molar-refractivity contribution < 1.29 is 13.2 Å². The van der Waals surface area contributed by atoms with Crippen molar-refractivity contribution in [2.75, 3.05) is 6.26 Å². The molecule has 7 nitrogen and oxygen atoms in total. The first-order chi connectivity index (χ1) is 12.3. The summed E-state index contributed by atoms with van der Waals surface area (Å²) in [5.74, 6) is 0.564. The lowest BCUT2D eigenvalue weighted by Crippen LogP contribution is -2.44. The van der Waals surface area contributed by atoms with Gasteiger partial charge in [0.15, 0.2) is 9.84 Å². The first kappa shape index (κ1) is 18.8.